The summed E-state index contributed by atoms with van der Waals surface area (Å²) in [6.07, 6.45) is -8.61. The summed E-state index contributed by atoms with van der Waals surface area (Å²) >= 11 is 0. The van der Waals surface area contributed by atoms with Gasteiger partial charge in [0.1, 0.15) is 12.2 Å². The van der Waals surface area contributed by atoms with E-state index in [4.69, 9.17) is 23.7 Å². The first kappa shape index (κ1) is 30.6. The average Bonchev–Trinajstić information content (AvgIpc) is 2.99. The summed E-state index contributed by atoms with van der Waals surface area (Å²) < 4.78 is 27.3. The first-order valence-corrected chi connectivity index (χ1v) is 12.8. The number of aliphatic hydroxyl groups is 1. The number of phenolic OH excluding ortho intramolecular Hbond substituents is 8. The van der Waals surface area contributed by atoms with Gasteiger partial charge >= 0.3 is 17.9 Å². The molecule has 0 aliphatic carbocycles. The molecule has 5 rings (SSSR count). The van der Waals surface area contributed by atoms with Crippen molar-refractivity contribution in [2.75, 3.05) is 13.7 Å². The number of carbonyl (C=O) groups is 3. The van der Waals surface area contributed by atoms with Gasteiger partial charge in [0.25, 0.3) is 0 Å². The van der Waals surface area contributed by atoms with Crippen LogP contribution in [0.5, 0.6) is 51.7 Å². The van der Waals surface area contributed by atoms with Gasteiger partial charge in [-0.05, 0) is 30.3 Å². The second kappa shape index (κ2) is 11.4. The van der Waals surface area contributed by atoms with Crippen LogP contribution in [-0.2, 0) is 18.9 Å². The van der Waals surface area contributed by atoms with Crippen LogP contribution in [0, 0.1) is 0 Å². The third kappa shape index (κ3) is 5.19. The van der Waals surface area contributed by atoms with Crippen molar-refractivity contribution < 1.29 is 84.0 Å². The van der Waals surface area contributed by atoms with Crippen molar-refractivity contribution in [1.29, 1.82) is 0 Å². The van der Waals surface area contributed by atoms with E-state index in [-0.39, 0.29) is 11.1 Å². The van der Waals surface area contributed by atoms with Crippen LogP contribution in [0.15, 0.2) is 30.3 Å². The number of ether oxygens (including phenoxy) is 5. The van der Waals surface area contributed by atoms with E-state index in [1.165, 1.54) is 0 Å². The molecule has 2 aliphatic rings. The van der Waals surface area contributed by atoms with Crippen LogP contribution in [0.3, 0.4) is 0 Å². The lowest BCUT2D eigenvalue weighted by Gasteiger charge is -2.46. The Balaban J connectivity index is 1.60. The minimum Gasteiger partial charge on any atom is -0.504 e. The normalized spacial score (nSPS) is 22.0. The molecule has 0 aromatic heterocycles. The molecule has 0 spiro atoms. The lowest BCUT2D eigenvalue weighted by Crippen LogP contribution is -2.60. The van der Waals surface area contributed by atoms with Crippen molar-refractivity contribution in [1.82, 2.24) is 0 Å². The molecule has 45 heavy (non-hydrogen) atoms. The summed E-state index contributed by atoms with van der Waals surface area (Å²) in [7, 11) is 1.11. The first-order chi connectivity index (χ1) is 21.3. The van der Waals surface area contributed by atoms with Crippen LogP contribution in [0.4, 0.5) is 0 Å². The van der Waals surface area contributed by atoms with Crippen molar-refractivity contribution in [3.05, 3.63) is 52.6 Å². The molecule has 0 amide bonds. The number of carbonyl (C=O) groups excluding carboxylic acids is 3. The van der Waals surface area contributed by atoms with Crippen molar-refractivity contribution >= 4 is 17.9 Å². The Morgan fingerprint density at radius 1 is 0.733 bits per heavy atom. The van der Waals surface area contributed by atoms with Gasteiger partial charge in [0.15, 0.2) is 64.3 Å². The van der Waals surface area contributed by atoms with Crippen LogP contribution < -0.4 is 4.74 Å². The molecule has 1 saturated heterocycles. The van der Waals surface area contributed by atoms with Crippen LogP contribution in [0.1, 0.15) is 42.7 Å². The lowest BCUT2D eigenvalue weighted by molar-refractivity contribution is -0.234. The predicted molar refractivity (Wildman–Crippen MR) is 142 cm³/mol. The minimum absolute atomic E-state index is 0.302. The quantitative estimate of drug-likeness (QED) is 0.103. The molecule has 17 heteroatoms. The van der Waals surface area contributed by atoms with E-state index in [0.717, 1.165) is 37.4 Å². The molecule has 9 N–H and O–H groups in total. The standard InChI is InChI=1S/C28H24O17/c1-41-21-15(34)6-10-17(20(21)37)23-25(45-28(10)40)24(44-27(39)9-4-13(32)19(36)14(33)5-9)22(16(7-29)42-23)43-26(38)8-2-11(30)18(35)12(31)3-8/h2-6,16,22-25,29-37H,7H2,1H3/t16-,22-,23+,24+,25+/m1/s1. The van der Waals surface area contributed by atoms with Crippen LogP contribution in [0.25, 0.3) is 0 Å². The number of esters is 3. The van der Waals surface area contributed by atoms with E-state index < -0.39 is 118 Å². The maximum absolute atomic E-state index is 13.3. The molecule has 2 aliphatic heterocycles. The van der Waals surface area contributed by atoms with E-state index in [9.17, 15) is 60.3 Å². The van der Waals surface area contributed by atoms with E-state index in [1.807, 2.05) is 0 Å². The number of benzene rings is 3. The Morgan fingerprint density at radius 3 is 1.69 bits per heavy atom. The molecule has 238 valence electrons. The first-order valence-electron chi connectivity index (χ1n) is 12.8. The van der Waals surface area contributed by atoms with Gasteiger partial charge in [-0.1, -0.05) is 0 Å². The minimum atomic E-state index is -1.88. The molecular formula is C28H24O17. The Kier molecular flexibility index (Phi) is 7.73. The highest BCUT2D eigenvalue weighted by Crippen LogP contribution is 2.51. The SMILES string of the molecule is COc1c(O)cc2c(c1O)[C@@H]1O[C@H](CO)[C@@H](OC(=O)c3cc(O)c(O)c(O)c3)[C@H](OC(=O)c3cc(O)c(O)c(O)c3)[C@H]1OC2=O. The summed E-state index contributed by atoms with van der Waals surface area (Å²) in [5, 5.41) is 90.1. The van der Waals surface area contributed by atoms with Gasteiger partial charge in [-0.2, -0.15) is 0 Å². The number of aromatic hydroxyl groups is 8. The smallest absolute Gasteiger partial charge is 0.339 e. The number of methoxy groups -OCH3 is 1. The van der Waals surface area contributed by atoms with Gasteiger partial charge in [0, 0.05) is 5.56 Å². The van der Waals surface area contributed by atoms with Gasteiger partial charge in [-0.25, -0.2) is 14.4 Å². The van der Waals surface area contributed by atoms with Crippen molar-refractivity contribution in [2.24, 2.45) is 0 Å². The highest BCUT2D eigenvalue weighted by molar-refractivity contribution is 5.95. The maximum Gasteiger partial charge on any atom is 0.339 e. The summed E-state index contributed by atoms with van der Waals surface area (Å²) in [5.41, 5.74) is -1.75. The van der Waals surface area contributed by atoms with Gasteiger partial charge in [-0.3, -0.25) is 0 Å². The zero-order valence-corrected chi connectivity index (χ0v) is 22.8. The highest BCUT2D eigenvalue weighted by Gasteiger charge is 2.56. The number of rotatable bonds is 6. The van der Waals surface area contributed by atoms with Gasteiger partial charge in [-0.15, -0.1) is 0 Å². The van der Waals surface area contributed by atoms with E-state index in [2.05, 4.69) is 0 Å². The van der Waals surface area contributed by atoms with Crippen LogP contribution >= 0.6 is 0 Å². The second-order valence-corrected chi connectivity index (χ2v) is 9.85. The Bertz CT molecular complexity index is 1670. The monoisotopic (exact) mass is 632 g/mol. The topological polar surface area (TPSA) is 279 Å². The molecule has 0 unspecified atom stereocenters. The molecule has 3 aromatic rings. The van der Waals surface area contributed by atoms with E-state index in [1.54, 1.807) is 0 Å². The summed E-state index contributed by atoms with van der Waals surface area (Å²) in [6, 6.07) is 3.83. The Morgan fingerprint density at radius 2 is 1.22 bits per heavy atom. The molecule has 0 radical (unpaired) electrons. The molecule has 5 atom stereocenters. The van der Waals surface area contributed by atoms with Crippen LogP contribution in [-0.4, -0.2) is 102 Å². The number of hydrogen-bond donors (Lipinski definition) is 9. The fourth-order valence-electron chi connectivity index (χ4n) is 5.02. The molecule has 3 aromatic carbocycles. The van der Waals surface area contributed by atoms with Crippen molar-refractivity contribution in [3.63, 3.8) is 0 Å². The summed E-state index contributed by atoms with van der Waals surface area (Å²) in [6.45, 7) is -0.943. The highest BCUT2D eigenvalue weighted by atomic mass is 16.7. The summed E-state index contributed by atoms with van der Waals surface area (Å²) in [5.74, 6) is -11.2. The fourth-order valence-corrected chi connectivity index (χ4v) is 5.02. The zero-order valence-electron chi connectivity index (χ0n) is 22.8. The van der Waals surface area contributed by atoms with Gasteiger partial charge < -0.3 is 69.6 Å². The van der Waals surface area contributed by atoms with Gasteiger partial charge in [0.05, 0.1) is 30.4 Å². The van der Waals surface area contributed by atoms with Gasteiger partial charge in [0.2, 0.25) is 5.75 Å². The van der Waals surface area contributed by atoms with Crippen molar-refractivity contribution in [3.8, 4) is 51.7 Å². The summed E-state index contributed by atoms with van der Waals surface area (Å²) in [4.78, 5) is 39.5. The van der Waals surface area contributed by atoms with Crippen LogP contribution in [0.2, 0.25) is 0 Å². The molecule has 17 nitrogen and oxygen atoms in total. The van der Waals surface area contributed by atoms with E-state index in [0.29, 0.717) is 0 Å². The number of fused-ring (bicyclic) bond motifs is 3. The number of aliphatic hydroxyl groups excluding tert-OH is 1. The molecule has 2 heterocycles. The largest absolute Gasteiger partial charge is 0.504 e. The zero-order chi connectivity index (χ0) is 32.9. The maximum atomic E-state index is 13.3. The number of phenols is 8. The molecule has 0 saturated carbocycles. The van der Waals surface area contributed by atoms with Crippen molar-refractivity contribution in [2.45, 2.75) is 30.5 Å². The Labute approximate surface area is 250 Å². The third-order valence-electron chi connectivity index (χ3n) is 7.14. The third-order valence-corrected chi connectivity index (χ3v) is 7.14. The fraction of sp³-hybridized carbons (Fsp3) is 0.250. The molecule has 1 fully saturated rings. The average molecular weight is 632 g/mol. The lowest BCUT2D eigenvalue weighted by atomic mass is 9.85. The second-order valence-electron chi connectivity index (χ2n) is 9.85. The predicted octanol–water partition coefficient (Wildman–Crippen LogP) is 0.762. The molecule has 0 bridgehead atoms. The number of hydrogen-bond acceptors (Lipinski definition) is 17. The van der Waals surface area contributed by atoms with E-state index >= 15 is 0 Å². The Hall–Kier alpha value is -5.81. The molecular weight excluding hydrogens is 608 g/mol.